The molecule has 0 saturated carbocycles. The van der Waals surface area contributed by atoms with E-state index in [9.17, 15) is 0 Å². The number of aromatic nitrogens is 2. The van der Waals surface area contributed by atoms with Crippen LogP contribution in [-0.4, -0.2) is 17.1 Å². The van der Waals surface area contributed by atoms with Crippen LogP contribution in [0.25, 0.3) is 21.6 Å². The van der Waals surface area contributed by atoms with Crippen LogP contribution in [0.3, 0.4) is 0 Å². The van der Waals surface area contributed by atoms with E-state index in [1.54, 1.807) is 18.4 Å². The Labute approximate surface area is 126 Å². The van der Waals surface area contributed by atoms with Crippen LogP contribution in [0.4, 0.5) is 5.82 Å². The lowest BCUT2D eigenvalue weighted by molar-refractivity contribution is 0.416. The Morgan fingerprint density at radius 3 is 2.81 bits per heavy atom. The van der Waals surface area contributed by atoms with Gasteiger partial charge in [-0.3, -0.25) is 0 Å². The number of nitrogens with zero attached hydrogens (tertiary/aromatic N) is 2. The maximum Gasteiger partial charge on any atom is 0.166 e. The fourth-order valence-corrected chi connectivity index (χ4v) is 3.17. The molecule has 0 amide bonds. The highest BCUT2D eigenvalue weighted by molar-refractivity contribution is 7.18. The number of methoxy groups -OCH3 is 1. The summed E-state index contributed by atoms with van der Waals surface area (Å²) in [5.41, 5.74) is 3.52. The summed E-state index contributed by atoms with van der Waals surface area (Å²) in [6.45, 7) is 2.12. The monoisotopic (exact) mass is 300 g/mol. The van der Waals surface area contributed by atoms with Crippen LogP contribution in [0, 0.1) is 0 Å². The Bertz CT molecular complexity index is 784. The molecular weight excluding hydrogens is 284 g/mol. The third kappa shape index (κ3) is 2.43. The van der Waals surface area contributed by atoms with Crippen LogP contribution in [0.5, 0.6) is 5.75 Å². The SMILES string of the molecule is CCc1cc2c(NN)nc(-c3ccccc3OC)nc2s1. The van der Waals surface area contributed by atoms with E-state index in [1.165, 1.54) is 4.88 Å². The van der Waals surface area contributed by atoms with E-state index in [0.717, 1.165) is 28.0 Å². The molecule has 0 unspecified atom stereocenters. The van der Waals surface area contributed by atoms with Gasteiger partial charge in [0.1, 0.15) is 10.6 Å². The molecule has 1 aromatic carbocycles. The highest BCUT2D eigenvalue weighted by Gasteiger charge is 2.14. The Morgan fingerprint density at radius 2 is 2.10 bits per heavy atom. The predicted octanol–water partition coefficient (Wildman–Crippen LogP) is 3.21. The van der Waals surface area contributed by atoms with Gasteiger partial charge >= 0.3 is 0 Å². The summed E-state index contributed by atoms with van der Waals surface area (Å²) in [5.74, 6) is 7.60. The van der Waals surface area contributed by atoms with Crippen molar-refractivity contribution < 1.29 is 4.74 Å². The first-order chi connectivity index (χ1) is 10.3. The van der Waals surface area contributed by atoms with Gasteiger partial charge in [-0.25, -0.2) is 15.8 Å². The van der Waals surface area contributed by atoms with Gasteiger partial charge in [-0.1, -0.05) is 19.1 Å². The van der Waals surface area contributed by atoms with Crippen molar-refractivity contribution in [1.29, 1.82) is 0 Å². The normalized spacial score (nSPS) is 10.8. The molecule has 0 spiro atoms. The van der Waals surface area contributed by atoms with Crippen molar-refractivity contribution in [2.24, 2.45) is 5.84 Å². The van der Waals surface area contributed by atoms with Crippen LogP contribution >= 0.6 is 11.3 Å². The minimum absolute atomic E-state index is 0.609. The molecule has 5 nitrogen and oxygen atoms in total. The molecule has 0 aliphatic carbocycles. The van der Waals surface area contributed by atoms with E-state index < -0.39 is 0 Å². The topological polar surface area (TPSA) is 73.1 Å². The van der Waals surface area contributed by atoms with Crippen molar-refractivity contribution in [2.45, 2.75) is 13.3 Å². The lowest BCUT2D eigenvalue weighted by atomic mass is 10.2. The van der Waals surface area contributed by atoms with Crippen molar-refractivity contribution in [3.8, 4) is 17.1 Å². The first-order valence-corrected chi connectivity index (χ1v) is 7.49. The van der Waals surface area contributed by atoms with E-state index in [0.29, 0.717) is 11.6 Å². The summed E-state index contributed by atoms with van der Waals surface area (Å²) in [6, 6.07) is 9.77. The van der Waals surface area contributed by atoms with Gasteiger partial charge in [0.05, 0.1) is 18.1 Å². The second kappa shape index (κ2) is 5.67. The number of hydrogen-bond donors (Lipinski definition) is 2. The van der Waals surface area contributed by atoms with Gasteiger partial charge in [-0.15, -0.1) is 11.3 Å². The Kier molecular flexibility index (Phi) is 3.72. The first kappa shape index (κ1) is 13.8. The van der Waals surface area contributed by atoms with Gasteiger partial charge in [-0.05, 0) is 24.6 Å². The summed E-state index contributed by atoms with van der Waals surface area (Å²) in [7, 11) is 1.64. The Hall–Kier alpha value is -2.18. The molecule has 0 fully saturated rings. The number of nitrogens with one attached hydrogen (secondary N) is 1. The zero-order chi connectivity index (χ0) is 14.8. The molecule has 0 aliphatic rings. The number of hydrazine groups is 1. The van der Waals surface area contributed by atoms with Crippen LogP contribution in [-0.2, 0) is 6.42 Å². The quantitative estimate of drug-likeness (QED) is 0.572. The first-order valence-electron chi connectivity index (χ1n) is 6.67. The second-order valence-corrected chi connectivity index (χ2v) is 5.64. The number of rotatable bonds is 4. The molecule has 6 heteroatoms. The van der Waals surface area contributed by atoms with Gasteiger partial charge in [0.2, 0.25) is 0 Å². The molecule has 0 atom stereocenters. The zero-order valence-electron chi connectivity index (χ0n) is 11.9. The number of benzene rings is 1. The molecule has 21 heavy (non-hydrogen) atoms. The van der Waals surface area contributed by atoms with Crippen LogP contribution < -0.4 is 16.0 Å². The average Bonchev–Trinajstić information content (AvgIpc) is 2.97. The minimum Gasteiger partial charge on any atom is -0.496 e. The lowest BCUT2D eigenvalue weighted by Crippen LogP contribution is -2.09. The third-order valence-corrected chi connectivity index (χ3v) is 4.45. The smallest absolute Gasteiger partial charge is 0.166 e. The van der Waals surface area contributed by atoms with Crippen LogP contribution in [0.1, 0.15) is 11.8 Å². The zero-order valence-corrected chi connectivity index (χ0v) is 12.7. The number of nitrogens with two attached hydrogens (primary N) is 1. The summed E-state index contributed by atoms with van der Waals surface area (Å²) in [6.07, 6.45) is 0.967. The summed E-state index contributed by atoms with van der Waals surface area (Å²) >= 11 is 1.66. The van der Waals surface area contributed by atoms with Gasteiger partial charge in [0.25, 0.3) is 0 Å². The molecule has 3 rings (SSSR count). The van der Waals surface area contributed by atoms with Crippen molar-refractivity contribution in [3.63, 3.8) is 0 Å². The van der Waals surface area contributed by atoms with E-state index in [-0.39, 0.29) is 0 Å². The van der Waals surface area contributed by atoms with Gasteiger partial charge in [0.15, 0.2) is 11.6 Å². The van der Waals surface area contributed by atoms with E-state index in [1.807, 2.05) is 24.3 Å². The summed E-state index contributed by atoms with van der Waals surface area (Å²) in [5, 5.41) is 0.956. The number of aryl methyl sites for hydroxylation is 1. The van der Waals surface area contributed by atoms with E-state index in [4.69, 9.17) is 10.6 Å². The Morgan fingerprint density at radius 1 is 1.29 bits per heavy atom. The highest BCUT2D eigenvalue weighted by atomic mass is 32.1. The third-order valence-electron chi connectivity index (χ3n) is 3.28. The molecule has 3 aromatic rings. The number of thiophene rings is 1. The minimum atomic E-state index is 0.609. The number of ether oxygens (including phenoxy) is 1. The highest BCUT2D eigenvalue weighted by Crippen LogP contribution is 2.33. The Balaban J connectivity index is 2.23. The van der Waals surface area contributed by atoms with Gasteiger partial charge < -0.3 is 10.2 Å². The molecular formula is C15H16N4OS. The molecule has 2 aromatic heterocycles. The van der Waals surface area contributed by atoms with Crippen molar-refractivity contribution in [2.75, 3.05) is 12.5 Å². The lowest BCUT2D eigenvalue weighted by Gasteiger charge is -2.08. The number of para-hydroxylation sites is 1. The number of anilines is 1. The number of nitrogen functional groups attached to an aromatic ring is 1. The molecule has 0 saturated heterocycles. The van der Waals surface area contributed by atoms with Crippen molar-refractivity contribution in [1.82, 2.24) is 9.97 Å². The largest absolute Gasteiger partial charge is 0.496 e. The van der Waals surface area contributed by atoms with E-state index in [2.05, 4.69) is 28.4 Å². The predicted molar refractivity (Wildman–Crippen MR) is 86.6 cm³/mol. The summed E-state index contributed by atoms with van der Waals surface area (Å²) in [4.78, 5) is 11.4. The fraction of sp³-hybridized carbons (Fsp3) is 0.200. The fourth-order valence-electron chi connectivity index (χ4n) is 2.21. The standard InChI is InChI=1S/C15H16N4OS/c1-3-9-8-11-14(19-16)17-13(18-15(11)21-9)10-6-4-5-7-12(10)20-2/h4-8H,3,16H2,1-2H3,(H,17,18,19). The molecule has 2 heterocycles. The van der Waals surface area contributed by atoms with Crippen LogP contribution in [0.2, 0.25) is 0 Å². The van der Waals surface area contributed by atoms with Crippen molar-refractivity contribution in [3.05, 3.63) is 35.2 Å². The molecule has 0 bridgehead atoms. The molecule has 3 N–H and O–H groups in total. The second-order valence-electron chi connectivity index (χ2n) is 4.53. The maximum atomic E-state index is 5.62. The van der Waals surface area contributed by atoms with Gasteiger partial charge in [-0.2, -0.15) is 0 Å². The number of hydrogen-bond acceptors (Lipinski definition) is 6. The van der Waals surface area contributed by atoms with E-state index >= 15 is 0 Å². The van der Waals surface area contributed by atoms with Crippen molar-refractivity contribution >= 4 is 27.4 Å². The molecule has 0 radical (unpaired) electrons. The van der Waals surface area contributed by atoms with Gasteiger partial charge in [0, 0.05) is 4.88 Å². The molecule has 108 valence electrons. The van der Waals surface area contributed by atoms with Crippen LogP contribution in [0.15, 0.2) is 30.3 Å². The summed E-state index contributed by atoms with van der Waals surface area (Å²) < 4.78 is 5.38. The molecule has 0 aliphatic heterocycles. The number of fused-ring (bicyclic) bond motifs is 1. The maximum absolute atomic E-state index is 5.62. The average molecular weight is 300 g/mol.